The fourth-order valence-corrected chi connectivity index (χ4v) is 3.58. The Hall–Kier alpha value is -3.22. The molecule has 1 aliphatic heterocycles. The predicted molar refractivity (Wildman–Crippen MR) is 97.8 cm³/mol. The number of likely N-dealkylation sites (tertiary alicyclic amines) is 1. The molecule has 0 radical (unpaired) electrons. The van der Waals surface area contributed by atoms with E-state index in [0.717, 1.165) is 29.7 Å². The van der Waals surface area contributed by atoms with Gasteiger partial charge in [0.05, 0.1) is 6.20 Å². The molecule has 1 fully saturated rings. The molecule has 2 N–H and O–H groups in total. The third-order valence-electron chi connectivity index (χ3n) is 4.93. The monoisotopic (exact) mass is 366 g/mol. The average molecular weight is 366 g/mol. The van der Waals surface area contributed by atoms with Crippen LogP contribution in [0.5, 0.6) is 5.75 Å². The SMILES string of the molecule is O=C(c1ncccc1O)N1CCC[C@H](c2[nH]ncc2-c2ccc(F)cc2)C1. The van der Waals surface area contributed by atoms with Crippen LogP contribution in [0.2, 0.25) is 0 Å². The second-order valence-electron chi connectivity index (χ2n) is 6.67. The van der Waals surface area contributed by atoms with Crippen LogP contribution in [0, 0.1) is 5.82 Å². The zero-order chi connectivity index (χ0) is 18.8. The summed E-state index contributed by atoms with van der Waals surface area (Å²) in [7, 11) is 0. The molecule has 1 aromatic carbocycles. The van der Waals surface area contributed by atoms with Crippen LogP contribution >= 0.6 is 0 Å². The number of aromatic nitrogens is 3. The van der Waals surface area contributed by atoms with E-state index in [1.807, 2.05) is 0 Å². The average Bonchev–Trinajstić information content (AvgIpc) is 3.18. The molecule has 3 heterocycles. The van der Waals surface area contributed by atoms with Crippen LogP contribution in [0.25, 0.3) is 11.1 Å². The van der Waals surface area contributed by atoms with Crippen molar-refractivity contribution in [2.45, 2.75) is 18.8 Å². The van der Waals surface area contributed by atoms with Gasteiger partial charge < -0.3 is 10.0 Å². The zero-order valence-electron chi connectivity index (χ0n) is 14.6. The number of halogens is 1. The molecular weight excluding hydrogens is 347 g/mol. The van der Waals surface area contributed by atoms with Gasteiger partial charge in [0.1, 0.15) is 11.6 Å². The standard InChI is InChI=1S/C20H19FN4O2/c21-15-7-5-13(6-8-15)16-11-23-24-18(16)14-3-2-10-25(12-14)20(27)19-17(26)4-1-9-22-19/h1,4-9,11,14,26H,2-3,10,12H2,(H,23,24)/t14-/m0/s1. The van der Waals surface area contributed by atoms with Gasteiger partial charge in [0, 0.05) is 36.5 Å². The number of piperidine rings is 1. The van der Waals surface area contributed by atoms with E-state index in [1.54, 1.807) is 29.3 Å². The molecule has 0 unspecified atom stereocenters. The first-order chi connectivity index (χ1) is 13.1. The second-order valence-corrected chi connectivity index (χ2v) is 6.67. The van der Waals surface area contributed by atoms with Crippen molar-refractivity contribution in [1.29, 1.82) is 0 Å². The van der Waals surface area contributed by atoms with Crippen molar-refractivity contribution < 1.29 is 14.3 Å². The Bertz CT molecular complexity index is 955. The Morgan fingerprint density at radius 3 is 2.85 bits per heavy atom. The van der Waals surface area contributed by atoms with Crippen LogP contribution in [-0.4, -0.2) is 44.2 Å². The molecule has 0 saturated carbocycles. The van der Waals surface area contributed by atoms with E-state index in [2.05, 4.69) is 15.2 Å². The number of aromatic hydroxyl groups is 1. The van der Waals surface area contributed by atoms with Crippen molar-refractivity contribution in [3.63, 3.8) is 0 Å². The summed E-state index contributed by atoms with van der Waals surface area (Å²) in [5.41, 5.74) is 2.80. The van der Waals surface area contributed by atoms with Crippen LogP contribution in [0.1, 0.15) is 34.9 Å². The van der Waals surface area contributed by atoms with E-state index in [9.17, 15) is 14.3 Å². The highest BCUT2D eigenvalue weighted by molar-refractivity contribution is 5.94. The lowest BCUT2D eigenvalue weighted by atomic mass is 9.90. The lowest BCUT2D eigenvalue weighted by molar-refractivity contribution is 0.0696. The Kier molecular flexibility index (Phi) is 4.58. The van der Waals surface area contributed by atoms with Gasteiger partial charge >= 0.3 is 0 Å². The smallest absolute Gasteiger partial charge is 0.276 e. The third kappa shape index (κ3) is 3.40. The first-order valence-corrected chi connectivity index (χ1v) is 8.86. The van der Waals surface area contributed by atoms with E-state index in [0.29, 0.717) is 13.1 Å². The van der Waals surface area contributed by atoms with E-state index < -0.39 is 0 Å². The molecule has 7 heteroatoms. The number of nitrogens with zero attached hydrogens (tertiary/aromatic N) is 3. The van der Waals surface area contributed by atoms with Crippen molar-refractivity contribution >= 4 is 5.91 Å². The molecule has 6 nitrogen and oxygen atoms in total. The number of nitrogens with one attached hydrogen (secondary N) is 1. The van der Waals surface area contributed by atoms with Gasteiger partial charge in [-0.05, 0) is 42.7 Å². The number of H-pyrrole nitrogens is 1. The molecule has 27 heavy (non-hydrogen) atoms. The van der Waals surface area contributed by atoms with Gasteiger partial charge in [0.2, 0.25) is 0 Å². The number of carbonyl (C=O) groups excluding carboxylic acids is 1. The molecular formula is C20H19FN4O2. The first kappa shape index (κ1) is 17.2. The molecule has 4 rings (SSSR count). The van der Waals surface area contributed by atoms with Crippen LogP contribution in [0.4, 0.5) is 4.39 Å². The number of hydrogen-bond acceptors (Lipinski definition) is 4. The largest absolute Gasteiger partial charge is 0.505 e. The number of amides is 1. The summed E-state index contributed by atoms with van der Waals surface area (Å²) in [6, 6.07) is 9.34. The predicted octanol–water partition coefficient (Wildman–Crippen LogP) is 3.34. The summed E-state index contributed by atoms with van der Waals surface area (Å²) in [5, 5.41) is 17.1. The van der Waals surface area contributed by atoms with Crippen molar-refractivity contribution in [1.82, 2.24) is 20.1 Å². The van der Waals surface area contributed by atoms with Crippen LogP contribution in [0.15, 0.2) is 48.8 Å². The molecule has 1 aliphatic rings. The Morgan fingerprint density at radius 2 is 2.07 bits per heavy atom. The molecule has 2 aromatic heterocycles. The van der Waals surface area contributed by atoms with E-state index in [1.165, 1.54) is 24.4 Å². The van der Waals surface area contributed by atoms with Crippen molar-refractivity contribution in [2.24, 2.45) is 0 Å². The minimum atomic E-state index is -0.284. The Morgan fingerprint density at radius 1 is 1.26 bits per heavy atom. The van der Waals surface area contributed by atoms with Crippen molar-refractivity contribution in [2.75, 3.05) is 13.1 Å². The lowest BCUT2D eigenvalue weighted by Crippen LogP contribution is -2.39. The highest BCUT2D eigenvalue weighted by Crippen LogP contribution is 2.33. The Balaban J connectivity index is 1.58. The van der Waals surface area contributed by atoms with Gasteiger partial charge in [0.15, 0.2) is 5.69 Å². The van der Waals surface area contributed by atoms with Gasteiger partial charge in [-0.1, -0.05) is 12.1 Å². The van der Waals surface area contributed by atoms with E-state index in [4.69, 9.17) is 0 Å². The van der Waals surface area contributed by atoms with E-state index >= 15 is 0 Å². The molecule has 1 atom stereocenters. The summed E-state index contributed by atoms with van der Waals surface area (Å²) in [6.45, 7) is 1.12. The van der Waals surface area contributed by atoms with Gasteiger partial charge in [-0.15, -0.1) is 0 Å². The maximum atomic E-state index is 13.2. The number of aromatic amines is 1. The van der Waals surface area contributed by atoms with Crippen molar-refractivity contribution in [3.8, 4) is 16.9 Å². The third-order valence-corrected chi connectivity index (χ3v) is 4.93. The zero-order valence-corrected chi connectivity index (χ0v) is 14.6. The summed E-state index contributed by atoms with van der Waals surface area (Å²) >= 11 is 0. The number of carbonyl (C=O) groups is 1. The van der Waals surface area contributed by atoms with Gasteiger partial charge in [-0.25, -0.2) is 9.37 Å². The lowest BCUT2D eigenvalue weighted by Gasteiger charge is -2.32. The highest BCUT2D eigenvalue weighted by atomic mass is 19.1. The van der Waals surface area contributed by atoms with E-state index in [-0.39, 0.29) is 29.1 Å². The fourth-order valence-electron chi connectivity index (χ4n) is 3.58. The number of hydrogen-bond donors (Lipinski definition) is 2. The van der Waals surface area contributed by atoms with Gasteiger partial charge in [0.25, 0.3) is 5.91 Å². The van der Waals surface area contributed by atoms with Gasteiger partial charge in [-0.2, -0.15) is 5.10 Å². The molecule has 0 spiro atoms. The second kappa shape index (κ2) is 7.19. The first-order valence-electron chi connectivity index (χ1n) is 8.86. The summed E-state index contributed by atoms with van der Waals surface area (Å²) in [4.78, 5) is 18.5. The number of pyridine rings is 1. The molecule has 3 aromatic rings. The molecule has 138 valence electrons. The normalized spacial score (nSPS) is 17.1. The number of rotatable bonds is 3. The van der Waals surface area contributed by atoms with Crippen LogP contribution < -0.4 is 0 Å². The molecule has 1 saturated heterocycles. The fraction of sp³-hybridized carbons (Fsp3) is 0.250. The Labute approximate surface area is 155 Å². The highest BCUT2D eigenvalue weighted by Gasteiger charge is 2.29. The quantitative estimate of drug-likeness (QED) is 0.745. The number of benzene rings is 1. The topological polar surface area (TPSA) is 82.1 Å². The van der Waals surface area contributed by atoms with Crippen LogP contribution in [-0.2, 0) is 0 Å². The van der Waals surface area contributed by atoms with Crippen molar-refractivity contribution in [3.05, 3.63) is 66.0 Å². The summed E-state index contributed by atoms with van der Waals surface area (Å²) in [6.07, 6.45) is 4.98. The maximum Gasteiger partial charge on any atom is 0.276 e. The minimum Gasteiger partial charge on any atom is -0.505 e. The van der Waals surface area contributed by atoms with Gasteiger partial charge in [-0.3, -0.25) is 9.89 Å². The molecule has 1 amide bonds. The minimum absolute atomic E-state index is 0.0709. The van der Waals surface area contributed by atoms with Crippen LogP contribution in [0.3, 0.4) is 0 Å². The summed E-state index contributed by atoms with van der Waals surface area (Å²) < 4.78 is 13.2. The summed E-state index contributed by atoms with van der Waals surface area (Å²) in [5.74, 6) is -0.594. The molecule has 0 bridgehead atoms. The maximum absolute atomic E-state index is 13.2. The molecule has 0 aliphatic carbocycles.